The number of hydrogen-bond donors (Lipinski definition) is 1. The van der Waals surface area contributed by atoms with Crippen LogP contribution in [-0.4, -0.2) is 16.9 Å². The average molecular weight is 281 g/mol. The van der Waals surface area contributed by atoms with Crippen LogP contribution in [-0.2, 0) is 6.18 Å². The van der Waals surface area contributed by atoms with Crippen LogP contribution in [0.25, 0.3) is 0 Å². The average Bonchev–Trinajstić information content (AvgIpc) is 2.25. The molecule has 0 radical (unpaired) electrons. The van der Waals surface area contributed by atoms with Gasteiger partial charge in [-0.1, -0.05) is 13.8 Å². The fraction of sp³-hybridized carbons (Fsp3) is 0.583. The van der Waals surface area contributed by atoms with Crippen molar-refractivity contribution in [1.29, 1.82) is 0 Å². The van der Waals surface area contributed by atoms with Gasteiger partial charge in [-0.25, -0.2) is 0 Å². The molecule has 1 N–H and O–H groups in total. The Bertz CT molecular complexity index is 380. The van der Waals surface area contributed by atoms with Crippen molar-refractivity contribution in [2.24, 2.45) is 5.92 Å². The summed E-state index contributed by atoms with van der Waals surface area (Å²) in [5, 5.41) is 2.79. The first-order chi connectivity index (χ1) is 8.29. The molecule has 1 rings (SSSR count). The van der Waals surface area contributed by atoms with Gasteiger partial charge in [0.2, 0.25) is 0 Å². The second-order valence-corrected chi connectivity index (χ2v) is 5.15. The summed E-state index contributed by atoms with van der Waals surface area (Å²) < 4.78 is 37.3. The lowest BCUT2D eigenvalue weighted by Gasteiger charge is -2.14. The van der Waals surface area contributed by atoms with Gasteiger partial charge < -0.3 is 5.32 Å². The highest BCUT2D eigenvalue weighted by atomic mass is 35.5. The number of anilines is 1. The Labute approximate surface area is 110 Å². The second-order valence-electron chi connectivity index (χ2n) is 4.54. The number of halogens is 4. The smallest absolute Gasteiger partial charge is 0.383 e. The summed E-state index contributed by atoms with van der Waals surface area (Å²) in [6.45, 7) is 4.52. The van der Waals surface area contributed by atoms with E-state index in [1.165, 1.54) is 6.07 Å². The lowest BCUT2D eigenvalue weighted by molar-refractivity contribution is -0.141. The van der Waals surface area contributed by atoms with Gasteiger partial charge in [0.25, 0.3) is 0 Å². The van der Waals surface area contributed by atoms with Crippen LogP contribution in [0.15, 0.2) is 18.3 Å². The molecular weight excluding hydrogens is 265 g/mol. The summed E-state index contributed by atoms with van der Waals surface area (Å²) in [6, 6.07) is 2.48. The highest BCUT2D eigenvalue weighted by Crippen LogP contribution is 2.28. The van der Waals surface area contributed by atoms with Crippen LogP contribution in [0.4, 0.5) is 18.9 Å². The molecule has 0 saturated heterocycles. The maximum Gasteiger partial charge on any atom is 0.433 e. The third-order valence-electron chi connectivity index (χ3n) is 2.31. The molecule has 0 amide bonds. The summed E-state index contributed by atoms with van der Waals surface area (Å²) in [7, 11) is 0. The minimum Gasteiger partial charge on any atom is -0.383 e. The molecule has 1 aromatic heterocycles. The molecule has 102 valence electrons. The first kappa shape index (κ1) is 15.1. The van der Waals surface area contributed by atoms with Crippen molar-refractivity contribution in [3.63, 3.8) is 0 Å². The summed E-state index contributed by atoms with van der Waals surface area (Å²) >= 11 is 6.06. The molecular formula is C12H16ClF3N2. The third kappa shape index (κ3) is 5.12. The van der Waals surface area contributed by atoms with Crippen LogP contribution in [0.2, 0.25) is 0 Å². The number of hydrogen-bond acceptors (Lipinski definition) is 2. The van der Waals surface area contributed by atoms with Crippen LogP contribution in [0, 0.1) is 5.92 Å². The van der Waals surface area contributed by atoms with Crippen molar-refractivity contribution in [2.75, 3.05) is 11.9 Å². The first-order valence-corrected chi connectivity index (χ1v) is 6.14. The molecule has 0 aliphatic heterocycles. The van der Waals surface area contributed by atoms with E-state index in [4.69, 9.17) is 11.6 Å². The van der Waals surface area contributed by atoms with E-state index in [0.717, 1.165) is 18.7 Å². The van der Waals surface area contributed by atoms with E-state index in [2.05, 4.69) is 10.3 Å². The summed E-state index contributed by atoms with van der Waals surface area (Å²) in [4.78, 5) is 3.29. The van der Waals surface area contributed by atoms with E-state index >= 15 is 0 Å². The standard InChI is InChI=1S/C12H16ClF3N2/c1-8(2)5-9(13)7-18-10-3-4-17-11(6-10)12(14,15)16/h3-4,6,8-9H,5,7H2,1-2H3,(H,17,18). The molecule has 0 aliphatic carbocycles. The van der Waals surface area contributed by atoms with Gasteiger partial charge in [0.1, 0.15) is 5.69 Å². The molecule has 18 heavy (non-hydrogen) atoms. The van der Waals surface area contributed by atoms with E-state index in [9.17, 15) is 13.2 Å². The molecule has 0 aliphatic rings. The van der Waals surface area contributed by atoms with Gasteiger partial charge in [-0.05, 0) is 24.5 Å². The second kappa shape index (κ2) is 6.27. The topological polar surface area (TPSA) is 24.9 Å². The molecule has 1 atom stereocenters. The van der Waals surface area contributed by atoms with Gasteiger partial charge in [0.05, 0.1) is 5.38 Å². The van der Waals surface area contributed by atoms with Gasteiger partial charge in [-0.3, -0.25) is 4.98 Å². The fourth-order valence-electron chi connectivity index (χ4n) is 1.52. The zero-order chi connectivity index (χ0) is 13.8. The number of aromatic nitrogens is 1. The predicted octanol–water partition coefficient (Wildman–Crippen LogP) is 4.17. The minimum absolute atomic E-state index is 0.104. The van der Waals surface area contributed by atoms with Gasteiger partial charge >= 0.3 is 6.18 Å². The number of rotatable bonds is 5. The molecule has 1 heterocycles. The molecule has 0 aromatic carbocycles. The molecule has 6 heteroatoms. The van der Waals surface area contributed by atoms with Gasteiger partial charge in [0, 0.05) is 18.4 Å². The Morgan fingerprint density at radius 2 is 2.06 bits per heavy atom. The maximum atomic E-state index is 12.4. The Hall–Kier alpha value is -0.970. The van der Waals surface area contributed by atoms with E-state index in [1.807, 2.05) is 13.8 Å². The van der Waals surface area contributed by atoms with E-state index < -0.39 is 11.9 Å². The maximum absolute atomic E-state index is 12.4. The Kier molecular flexibility index (Phi) is 5.26. The lowest BCUT2D eigenvalue weighted by atomic mass is 10.1. The van der Waals surface area contributed by atoms with Crippen LogP contribution < -0.4 is 5.32 Å². The zero-order valence-electron chi connectivity index (χ0n) is 10.3. The van der Waals surface area contributed by atoms with Crippen molar-refractivity contribution in [3.05, 3.63) is 24.0 Å². The highest BCUT2D eigenvalue weighted by molar-refractivity contribution is 6.20. The number of nitrogens with one attached hydrogen (secondary N) is 1. The van der Waals surface area contributed by atoms with Crippen molar-refractivity contribution >= 4 is 17.3 Å². The molecule has 1 aromatic rings. The lowest BCUT2D eigenvalue weighted by Crippen LogP contribution is -2.17. The number of pyridine rings is 1. The fourth-order valence-corrected chi connectivity index (χ4v) is 1.95. The number of nitrogens with zero attached hydrogens (tertiary/aromatic N) is 1. The van der Waals surface area contributed by atoms with Crippen molar-refractivity contribution < 1.29 is 13.2 Å². The molecule has 0 bridgehead atoms. The Balaban J connectivity index is 2.58. The molecule has 0 fully saturated rings. The number of alkyl halides is 4. The minimum atomic E-state index is -4.42. The van der Waals surface area contributed by atoms with Crippen molar-refractivity contribution in [3.8, 4) is 0 Å². The SMILES string of the molecule is CC(C)CC(Cl)CNc1ccnc(C(F)(F)F)c1. The Morgan fingerprint density at radius 1 is 1.39 bits per heavy atom. The summed E-state index contributed by atoms with van der Waals surface area (Å²) in [5.74, 6) is 0.456. The van der Waals surface area contributed by atoms with Crippen LogP contribution >= 0.6 is 11.6 Å². The van der Waals surface area contributed by atoms with Crippen LogP contribution in [0.3, 0.4) is 0 Å². The Morgan fingerprint density at radius 3 is 2.61 bits per heavy atom. The predicted molar refractivity (Wildman–Crippen MR) is 66.8 cm³/mol. The van der Waals surface area contributed by atoms with Crippen molar-refractivity contribution in [2.45, 2.75) is 31.8 Å². The van der Waals surface area contributed by atoms with Crippen LogP contribution in [0.5, 0.6) is 0 Å². The third-order valence-corrected chi connectivity index (χ3v) is 2.64. The van der Waals surface area contributed by atoms with E-state index in [1.54, 1.807) is 0 Å². The molecule has 0 saturated carbocycles. The quantitative estimate of drug-likeness (QED) is 0.819. The normalized spacial score (nSPS) is 13.7. The van der Waals surface area contributed by atoms with Gasteiger partial charge in [-0.2, -0.15) is 13.2 Å². The van der Waals surface area contributed by atoms with E-state index in [0.29, 0.717) is 18.2 Å². The van der Waals surface area contributed by atoms with Crippen LogP contribution in [0.1, 0.15) is 26.0 Å². The summed E-state index contributed by atoms with van der Waals surface area (Å²) in [6.07, 6.45) is -2.47. The molecule has 1 unspecified atom stereocenters. The first-order valence-electron chi connectivity index (χ1n) is 5.70. The van der Waals surface area contributed by atoms with Crippen molar-refractivity contribution in [1.82, 2.24) is 4.98 Å². The monoisotopic (exact) mass is 280 g/mol. The largest absolute Gasteiger partial charge is 0.433 e. The summed E-state index contributed by atoms with van der Waals surface area (Å²) in [5.41, 5.74) is -0.519. The molecule has 2 nitrogen and oxygen atoms in total. The van der Waals surface area contributed by atoms with E-state index in [-0.39, 0.29) is 5.38 Å². The zero-order valence-corrected chi connectivity index (χ0v) is 11.0. The van der Waals surface area contributed by atoms with Gasteiger partial charge in [-0.15, -0.1) is 11.6 Å². The van der Waals surface area contributed by atoms with Gasteiger partial charge in [0.15, 0.2) is 0 Å². The highest BCUT2D eigenvalue weighted by Gasteiger charge is 2.32. The molecule has 0 spiro atoms.